The van der Waals surface area contributed by atoms with Crippen molar-refractivity contribution in [2.45, 2.75) is 49.4 Å². The molecule has 2 aromatic heterocycles. The number of hydrogen-bond acceptors (Lipinski definition) is 4. The standard InChI is InChI=1S/C62H45N3O/c1-5-19-52-45(13-1)46-14-2-6-20-53(46)62(52)54-21-7-3-15-47(54)48-28-25-42(33-55(48)62)41-11-9-12-43(32-41)59-63-58(40-23-26-44(27-24-40)61-34-37-29-38(35-61)31-39(30-37)36-61)64-60(65-59)51-18-10-17-50-49-16-4-8-22-56(49)66-57(50)51/h1-28,32-33,37-39H,29-31,34-36H2. The third-order valence-electron chi connectivity index (χ3n) is 16.5. The second-order valence-electron chi connectivity index (χ2n) is 20.1. The lowest BCUT2D eigenvalue weighted by Gasteiger charge is -2.57. The van der Waals surface area contributed by atoms with Crippen molar-refractivity contribution in [3.8, 4) is 67.5 Å². The summed E-state index contributed by atoms with van der Waals surface area (Å²) >= 11 is 0. The van der Waals surface area contributed by atoms with Crippen LogP contribution in [0.2, 0.25) is 0 Å². The van der Waals surface area contributed by atoms with Crippen LogP contribution in [0.3, 0.4) is 0 Å². The molecular formula is C62H45N3O. The number of fused-ring (bicyclic) bond motifs is 13. The van der Waals surface area contributed by atoms with E-state index in [1.165, 1.54) is 88.6 Å². The summed E-state index contributed by atoms with van der Waals surface area (Å²) in [5.41, 5.74) is 18.7. The molecule has 0 unspecified atom stereocenters. The summed E-state index contributed by atoms with van der Waals surface area (Å²) in [7, 11) is 0. The van der Waals surface area contributed by atoms with E-state index < -0.39 is 5.41 Å². The quantitative estimate of drug-likeness (QED) is 0.173. The maximum absolute atomic E-state index is 6.58. The van der Waals surface area contributed by atoms with Crippen LogP contribution in [0.1, 0.15) is 66.3 Å². The minimum Gasteiger partial charge on any atom is -0.455 e. The smallest absolute Gasteiger partial charge is 0.167 e. The highest BCUT2D eigenvalue weighted by Gasteiger charge is 2.53. The summed E-state index contributed by atoms with van der Waals surface area (Å²) in [6.07, 6.45) is 8.35. The second kappa shape index (κ2) is 13.6. The Bertz CT molecular complexity index is 3550. The highest BCUT2D eigenvalue weighted by molar-refractivity contribution is 6.09. The van der Waals surface area contributed by atoms with E-state index in [0.29, 0.717) is 22.9 Å². The van der Waals surface area contributed by atoms with Gasteiger partial charge in [0.2, 0.25) is 0 Å². The Morgan fingerprint density at radius 1 is 0.379 bits per heavy atom. The van der Waals surface area contributed by atoms with Crippen LogP contribution >= 0.6 is 0 Å². The van der Waals surface area contributed by atoms with E-state index in [4.69, 9.17) is 19.4 Å². The van der Waals surface area contributed by atoms with E-state index in [1.54, 1.807) is 0 Å². The topological polar surface area (TPSA) is 51.8 Å². The number of aromatic nitrogens is 3. The van der Waals surface area contributed by atoms with E-state index in [-0.39, 0.29) is 0 Å². The predicted octanol–water partition coefficient (Wildman–Crippen LogP) is 15.3. The lowest BCUT2D eigenvalue weighted by Crippen LogP contribution is -2.48. The molecule has 6 aliphatic carbocycles. The molecule has 0 aliphatic heterocycles. The van der Waals surface area contributed by atoms with Crippen LogP contribution in [0, 0.1) is 17.8 Å². The van der Waals surface area contributed by atoms with Crippen LogP contribution in [0.15, 0.2) is 186 Å². The SMILES string of the molecule is c1cc(-c2ccc3c(c2)C2(c4ccccc4-c4ccccc42)c2ccccc2-3)cc(-c2nc(-c3ccc(C45CC6CC(CC(C6)C4)C5)cc3)nc(-c3cccc4c3oc3ccccc34)n2)c1. The molecule has 4 saturated carbocycles. The Balaban J connectivity index is 0.878. The average Bonchev–Trinajstić information content (AvgIpc) is 4.00. The molecule has 0 radical (unpaired) electrons. The van der Waals surface area contributed by atoms with Gasteiger partial charge in [0.25, 0.3) is 0 Å². The largest absolute Gasteiger partial charge is 0.455 e. The van der Waals surface area contributed by atoms with Gasteiger partial charge in [-0.1, -0.05) is 158 Å². The van der Waals surface area contributed by atoms with Crippen LogP contribution < -0.4 is 0 Å². The first kappa shape index (κ1) is 36.9. The maximum atomic E-state index is 6.58. The number of hydrogen-bond donors (Lipinski definition) is 0. The van der Waals surface area contributed by atoms with Gasteiger partial charge in [0.15, 0.2) is 17.5 Å². The zero-order valence-corrected chi connectivity index (χ0v) is 36.5. The molecule has 0 N–H and O–H groups in total. The number of nitrogens with zero attached hydrogens (tertiary/aromatic N) is 3. The number of furan rings is 1. The molecule has 4 heteroatoms. The first-order valence-electron chi connectivity index (χ1n) is 23.9. The van der Waals surface area contributed by atoms with Crippen molar-refractivity contribution in [1.29, 1.82) is 0 Å². The first-order valence-corrected chi connectivity index (χ1v) is 23.9. The molecule has 66 heavy (non-hydrogen) atoms. The van der Waals surface area contributed by atoms with E-state index in [0.717, 1.165) is 67.5 Å². The van der Waals surface area contributed by atoms with Gasteiger partial charge in [0.05, 0.1) is 11.0 Å². The van der Waals surface area contributed by atoms with Gasteiger partial charge in [-0.25, -0.2) is 15.0 Å². The zero-order chi connectivity index (χ0) is 43.1. The summed E-state index contributed by atoms with van der Waals surface area (Å²) in [6.45, 7) is 0. The summed E-state index contributed by atoms with van der Waals surface area (Å²) < 4.78 is 6.58. The Morgan fingerprint density at radius 3 is 1.56 bits per heavy atom. The van der Waals surface area contributed by atoms with Crippen LogP contribution in [-0.4, -0.2) is 15.0 Å². The fourth-order valence-corrected chi connectivity index (χ4v) is 14.2. The van der Waals surface area contributed by atoms with Crippen molar-refractivity contribution in [3.63, 3.8) is 0 Å². The number of benzene rings is 8. The summed E-state index contributed by atoms with van der Waals surface area (Å²) in [5, 5.41) is 2.14. The summed E-state index contributed by atoms with van der Waals surface area (Å²) in [4.78, 5) is 15.9. The minimum atomic E-state index is -0.409. The van der Waals surface area contributed by atoms with Gasteiger partial charge >= 0.3 is 0 Å². The molecule has 6 aliphatic rings. The molecule has 10 aromatic rings. The maximum Gasteiger partial charge on any atom is 0.167 e. The molecule has 1 spiro atoms. The highest BCUT2D eigenvalue weighted by atomic mass is 16.3. The predicted molar refractivity (Wildman–Crippen MR) is 265 cm³/mol. The van der Waals surface area contributed by atoms with Gasteiger partial charge in [0.1, 0.15) is 11.2 Å². The molecule has 4 fully saturated rings. The second-order valence-corrected chi connectivity index (χ2v) is 20.1. The molecule has 8 aromatic carbocycles. The van der Waals surface area contributed by atoms with Crippen molar-refractivity contribution in [2.24, 2.45) is 17.8 Å². The Kier molecular flexibility index (Phi) is 7.57. The van der Waals surface area contributed by atoms with E-state index >= 15 is 0 Å². The molecule has 4 nitrogen and oxygen atoms in total. The lowest BCUT2D eigenvalue weighted by molar-refractivity contribution is -0.00518. The third kappa shape index (κ3) is 5.13. The Hall–Kier alpha value is -7.43. The molecule has 0 atom stereocenters. The Morgan fingerprint density at radius 2 is 0.879 bits per heavy atom. The zero-order valence-electron chi connectivity index (χ0n) is 36.5. The molecule has 2 heterocycles. The summed E-state index contributed by atoms with van der Waals surface area (Å²) in [6, 6.07) is 66.7. The molecular weight excluding hydrogens is 803 g/mol. The highest BCUT2D eigenvalue weighted by Crippen LogP contribution is 2.63. The van der Waals surface area contributed by atoms with E-state index in [9.17, 15) is 0 Å². The molecule has 0 saturated heterocycles. The van der Waals surface area contributed by atoms with E-state index in [2.05, 4.69) is 170 Å². The monoisotopic (exact) mass is 847 g/mol. The van der Waals surface area contributed by atoms with Crippen LogP contribution in [0.4, 0.5) is 0 Å². The molecule has 4 bridgehead atoms. The van der Waals surface area contributed by atoms with Crippen molar-refractivity contribution < 1.29 is 4.42 Å². The minimum absolute atomic E-state index is 0.324. The van der Waals surface area contributed by atoms with Crippen molar-refractivity contribution in [1.82, 2.24) is 15.0 Å². The van der Waals surface area contributed by atoms with Gasteiger partial charge in [-0.15, -0.1) is 0 Å². The first-order chi connectivity index (χ1) is 32.6. The average molecular weight is 848 g/mol. The molecule has 16 rings (SSSR count). The molecule has 0 amide bonds. The van der Waals surface area contributed by atoms with Gasteiger partial charge in [0, 0.05) is 21.9 Å². The van der Waals surface area contributed by atoms with Gasteiger partial charge in [-0.05, 0) is 147 Å². The fourth-order valence-electron chi connectivity index (χ4n) is 14.2. The Labute approximate surface area is 384 Å². The van der Waals surface area contributed by atoms with Crippen molar-refractivity contribution in [3.05, 3.63) is 210 Å². The van der Waals surface area contributed by atoms with Crippen LogP contribution in [0.5, 0.6) is 0 Å². The van der Waals surface area contributed by atoms with Gasteiger partial charge < -0.3 is 4.42 Å². The van der Waals surface area contributed by atoms with Crippen molar-refractivity contribution in [2.75, 3.05) is 0 Å². The van der Waals surface area contributed by atoms with E-state index in [1.807, 2.05) is 12.1 Å². The van der Waals surface area contributed by atoms with Gasteiger partial charge in [-0.2, -0.15) is 0 Å². The number of para-hydroxylation sites is 2. The van der Waals surface area contributed by atoms with Crippen LogP contribution in [0.25, 0.3) is 89.5 Å². The van der Waals surface area contributed by atoms with Crippen molar-refractivity contribution >= 4 is 21.9 Å². The van der Waals surface area contributed by atoms with Gasteiger partial charge in [-0.3, -0.25) is 0 Å². The van der Waals surface area contributed by atoms with Crippen LogP contribution in [-0.2, 0) is 10.8 Å². The fraction of sp³-hybridized carbons (Fsp3) is 0.177. The normalized spacial score (nSPS) is 21.3. The lowest BCUT2D eigenvalue weighted by atomic mass is 9.48. The summed E-state index contributed by atoms with van der Waals surface area (Å²) in [5.74, 6) is 4.59. The molecule has 314 valence electrons. The third-order valence-corrected chi connectivity index (χ3v) is 16.5. The number of rotatable bonds is 5.